The number of aliphatic imine (C=N–C) groups is 1. The molecule has 0 saturated carbocycles. The van der Waals surface area contributed by atoms with Crippen molar-refractivity contribution in [2.24, 2.45) is 10.9 Å². The average Bonchev–Trinajstić information content (AvgIpc) is 2.57. The zero-order valence-corrected chi connectivity index (χ0v) is 16.0. The molecule has 5 heteroatoms. The molecule has 2 atom stereocenters. The standard InChI is InChI=1S/C20H32N4O/c1-20(2)12-17(16-9-5-6-10-18(16)25-20)23-19(21-3)22-13-15-8-7-11-24(4)14-15/h5-6,9-10,15,17H,7-8,11-14H2,1-4H3,(H2,21,22,23). The molecule has 5 nitrogen and oxygen atoms in total. The fourth-order valence-corrected chi connectivity index (χ4v) is 3.97. The number of fused-ring (bicyclic) bond motifs is 1. The second-order valence-corrected chi connectivity index (χ2v) is 8.02. The SMILES string of the molecule is CN=C(NCC1CCCN(C)C1)NC1CC(C)(C)Oc2ccccc21. The van der Waals surface area contributed by atoms with E-state index in [-0.39, 0.29) is 11.6 Å². The predicted molar refractivity (Wildman–Crippen MR) is 103 cm³/mol. The van der Waals surface area contributed by atoms with Gasteiger partial charge in [-0.3, -0.25) is 4.99 Å². The molecule has 25 heavy (non-hydrogen) atoms. The van der Waals surface area contributed by atoms with Gasteiger partial charge in [-0.1, -0.05) is 18.2 Å². The number of hydrogen-bond donors (Lipinski definition) is 2. The van der Waals surface area contributed by atoms with Crippen LogP contribution in [0.3, 0.4) is 0 Å². The highest BCUT2D eigenvalue weighted by atomic mass is 16.5. The first-order valence-electron chi connectivity index (χ1n) is 9.40. The summed E-state index contributed by atoms with van der Waals surface area (Å²) in [5, 5.41) is 7.15. The number of hydrogen-bond acceptors (Lipinski definition) is 3. The Morgan fingerprint density at radius 1 is 1.36 bits per heavy atom. The number of nitrogens with one attached hydrogen (secondary N) is 2. The van der Waals surface area contributed by atoms with Crippen molar-refractivity contribution in [3.63, 3.8) is 0 Å². The molecule has 1 saturated heterocycles. The van der Waals surface area contributed by atoms with E-state index in [0.29, 0.717) is 5.92 Å². The highest BCUT2D eigenvalue weighted by molar-refractivity contribution is 5.80. The zero-order chi connectivity index (χ0) is 17.9. The van der Waals surface area contributed by atoms with E-state index in [9.17, 15) is 0 Å². The fraction of sp³-hybridized carbons (Fsp3) is 0.650. The molecule has 3 rings (SSSR count). The molecule has 2 unspecified atom stereocenters. The molecular formula is C20H32N4O. The maximum absolute atomic E-state index is 6.13. The van der Waals surface area contributed by atoms with Gasteiger partial charge in [0.05, 0.1) is 6.04 Å². The van der Waals surface area contributed by atoms with Gasteiger partial charge in [-0.25, -0.2) is 0 Å². The van der Waals surface area contributed by atoms with E-state index >= 15 is 0 Å². The van der Waals surface area contributed by atoms with E-state index in [0.717, 1.165) is 31.2 Å². The van der Waals surface area contributed by atoms with Gasteiger partial charge >= 0.3 is 0 Å². The van der Waals surface area contributed by atoms with E-state index < -0.39 is 0 Å². The molecule has 0 bridgehead atoms. The number of ether oxygens (including phenoxy) is 1. The predicted octanol–water partition coefficient (Wildman–Crippen LogP) is 2.80. The Balaban J connectivity index is 1.63. The van der Waals surface area contributed by atoms with Gasteiger partial charge in [-0.05, 0) is 52.3 Å². The third-order valence-corrected chi connectivity index (χ3v) is 5.19. The van der Waals surface area contributed by atoms with Crippen molar-refractivity contribution in [1.82, 2.24) is 15.5 Å². The Kier molecular flexibility index (Phi) is 5.52. The normalized spacial score (nSPS) is 26.5. The third-order valence-electron chi connectivity index (χ3n) is 5.19. The van der Waals surface area contributed by atoms with E-state index in [2.05, 4.69) is 59.6 Å². The topological polar surface area (TPSA) is 48.9 Å². The lowest BCUT2D eigenvalue weighted by Crippen LogP contribution is -2.47. The van der Waals surface area contributed by atoms with Gasteiger partial charge in [0.15, 0.2) is 5.96 Å². The second-order valence-electron chi connectivity index (χ2n) is 8.02. The first-order valence-corrected chi connectivity index (χ1v) is 9.40. The van der Waals surface area contributed by atoms with Gasteiger partial charge in [-0.15, -0.1) is 0 Å². The van der Waals surface area contributed by atoms with Crippen molar-refractivity contribution in [2.45, 2.75) is 44.8 Å². The number of rotatable bonds is 3. The molecule has 0 aliphatic carbocycles. The molecule has 138 valence electrons. The van der Waals surface area contributed by atoms with E-state index in [1.165, 1.54) is 24.9 Å². The molecular weight excluding hydrogens is 312 g/mol. The highest BCUT2D eigenvalue weighted by Gasteiger charge is 2.34. The van der Waals surface area contributed by atoms with Crippen LogP contribution in [0.1, 0.15) is 44.7 Å². The molecule has 0 radical (unpaired) electrons. The lowest BCUT2D eigenvalue weighted by atomic mass is 9.90. The van der Waals surface area contributed by atoms with Crippen molar-refractivity contribution in [2.75, 3.05) is 33.7 Å². The minimum Gasteiger partial charge on any atom is -0.487 e. The Bertz CT molecular complexity index is 613. The van der Waals surface area contributed by atoms with E-state index in [4.69, 9.17) is 4.74 Å². The second kappa shape index (κ2) is 7.65. The minimum atomic E-state index is -0.184. The van der Waals surface area contributed by atoms with Crippen LogP contribution in [0, 0.1) is 5.92 Å². The summed E-state index contributed by atoms with van der Waals surface area (Å²) in [5.74, 6) is 2.54. The van der Waals surface area contributed by atoms with Gasteiger partial charge in [0.25, 0.3) is 0 Å². The Labute approximate surface area is 151 Å². The molecule has 2 aliphatic heterocycles. The molecule has 0 amide bonds. The summed E-state index contributed by atoms with van der Waals surface area (Å²) in [6.07, 6.45) is 3.49. The van der Waals surface area contributed by atoms with Crippen molar-refractivity contribution in [3.05, 3.63) is 29.8 Å². The molecule has 2 aliphatic rings. The highest BCUT2D eigenvalue weighted by Crippen LogP contribution is 2.39. The summed E-state index contributed by atoms with van der Waals surface area (Å²) < 4.78 is 6.13. The van der Waals surface area contributed by atoms with E-state index in [1.807, 2.05) is 13.1 Å². The number of benzene rings is 1. The Hall–Kier alpha value is -1.75. The van der Waals surface area contributed by atoms with Crippen molar-refractivity contribution in [1.29, 1.82) is 0 Å². The number of likely N-dealkylation sites (tertiary alicyclic amines) is 1. The van der Waals surface area contributed by atoms with Gasteiger partial charge in [0, 0.05) is 32.1 Å². The van der Waals surface area contributed by atoms with Crippen LogP contribution in [0.5, 0.6) is 5.75 Å². The van der Waals surface area contributed by atoms with Crippen LogP contribution >= 0.6 is 0 Å². The van der Waals surface area contributed by atoms with Crippen LogP contribution in [0.25, 0.3) is 0 Å². The van der Waals surface area contributed by atoms with Crippen LogP contribution in [-0.4, -0.2) is 50.2 Å². The van der Waals surface area contributed by atoms with Gasteiger partial charge < -0.3 is 20.3 Å². The molecule has 2 N–H and O–H groups in total. The summed E-state index contributed by atoms with van der Waals surface area (Å²) in [7, 11) is 4.05. The van der Waals surface area contributed by atoms with E-state index in [1.54, 1.807) is 0 Å². The average molecular weight is 345 g/mol. The number of piperidine rings is 1. The first kappa shape index (κ1) is 18.1. The van der Waals surface area contributed by atoms with Crippen molar-refractivity contribution < 1.29 is 4.74 Å². The summed E-state index contributed by atoms with van der Waals surface area (Å²) in [5.41, 5.74) is 1.03. The lowest BCUT2D eigenvalue weighted by molar-refractivity contribution is 0.0694. The van der Waals surface area contributed by atoms with Crippen LogP contribution < -0.4 is 15.4 Å². The Morgan fingerprint density at radius 2 is 2.16 bits per heavy atom. The van der Waals surface area contributed by atoms with Crippen molar-refractivity contribution in [3.8, 4) is 5.75 Å². The number of para-hydroxylation sites is 1. The smallest absolute Gasteiger partial charge is 0.191 e. The molecule has 1 fully saturated rings. The molecule has 0 spiro atoms. The summed E-state index contributed by atoms with van der Waals surface area (Å²) in [4.78, 5) is 6.87. The van der Waals surface area contributed by atoms with Gasteiger partial charge in [0.2, 0.25) is 0 Å². The summed E-state index contributed by atoms with van der Waals surface area (Å²) in [6.45, 7) is 7.64. The third kappa shape index (κ3) is 4.66. The van der Waals surface area contributed by atoms with Crippen LogP contribution in [0.4, 0.5) is 0 Å². The zero-order valence-electron chi connectivity index (χ0n) is 16.0. The maximum Gasteiger partial charge on any atom is 0.191 e. The monoisotopic (exact) mass is 344 g/mol. The fourth-order valence-electron chi connectivity index (χ4n) is 3.97. The van der Waals surface area contributed by atoms with Crippen LogP contribution in [0.2, 0.25) is 0 Å². The molecule has 0 aromatic heterocycles. The lowest BCUT2D eigenvalue weighted by Gasteiger charge is -2.38. The Morgan fingerprint density at radius 3 is 2.92 bits per heavy atom. The van der Waals surface area contributed by atoms with Crippen LogP contribution in [-0.2, 0) is 0 Å². The minimum absolute atomic E-state index is 0.184. The first-order chi connectivity index (χ1) is 12.0. The number of guanidine groups is 1. The molecule has 2 heterocycles. The largest absolute Gasteiger partial charge is 0.487 e. The van der Waals surface area contributed by atoms with Crippen molar-refractivity contribution >= 4 is 5.96 Å². The summed E-state index contributed by atoms with van der Waals surface area (Å²) in [6, 6.07) is 8.51. The quantitative estimate of drug-likeness (QED) is 0.654. The maximum atomic E-state index is 6.13. The van der Waals surface area contributed by atoms with Crippen LogP contribution in [0.15, 0.2) is 29.3 Å². The number of nitrogens with zero attached hydrogens (tertiary/aromatic N) is 2. The van der Waals surface area contributed by atoms with Gasteiger partial charge in [0.1, 0.15) is 11.4 Å². The van der Waals surface area contributed by atoms with Gasteiger partial charge in [-0.2, -0.15) is 0 Å². The summed E-state index contributed by atoms with van der Waals surface area (Å²) >= 11 is 0. The molecule has 1 aromatic rings. The molecule has 1 aromatic carbocycles.